The Morgan fingerprint density at radius 1 is 0.806 bits per heavy atom. The predicted molar refractivity (Wildman–Crippen MR) is 133 cm³/mol. The Morgan fingerprint density at radius 2 is 1.19 bits per heavy atom. The summed E-state index contributed by atoms with van der Waals surface area (Å²) in [6, 6.07) is 0.244. The van der Waals surface area contributed by atoms with E-state index in [1.807, 2.05) is 34.1 Å². The van der Waals surface area contributed by atoms with Gasteiger partial charge in [-0.3, -0.25) is 0 Å². The van der Waals surface area contributed by atoms with Gasteiger partial charge < -0.3 is 20.4 Å². The topological polar surface area (TPSA) is 69.2 Å². The number of rotatable bonds is 12. The maximum atomic E-state index is 4.76. The largest absolute Gasteiger partial charge is 0.351 e. The molecule has 7 heteroatoms. The number of aromatic nitrogens is 3. The van der Waals surface area contributed by atoms with E-state index in [2.05, 4.69) is 64.6 Å². The second kappa shape index (κ2) is 10.6. The Morgan fingerprint density at radius 3 is 1.55 bits per heavy atom. The molecule has 0 unspecified atom stereocenters. The van der Waals surface area contributed by atoms with Crippen molar-refractivity contribution in [2.45, 2.75) is 57.7 Å². The summed E-state index contributed by atoms with van der Waals surface area (Å²) < 4.78 is 0. The molecule has 0 spiro atoms. The SMILES string of the molecule is C=CCN(CC=C)c1nc(NC2CC(C)(C)NC(C)(C)C2)nc(N(CC=C)CC=C)n1. The Bertz CT molecular complexity index is 706. The van der Waals surface area contributed by atoms with Crippen LogP contribution in [0.5, 0.6) is 0 Å². The Balaban J connectivity index is 2.44. The number of hydrogen-bond donors (Lipinski definition) is 2. The second-order valence-electron chi connectivity index (χ2n) is 9.37. The van der Waals surface area contributed by atoms with Crippen LogP contribution in [0.4, 0.5) is 17.8 Å². The summed E-state index contributed by atoms with van der Waals surface area (Å²) in [7, 11) is 0. The molecule has 1 aromatic rings. The highest BCUT2D eigenvalue weighted by atomic mass is 15.4. The van der Waals surface area contributed by atoms with Gasteiger partial charge >= 0.3 is 0 Å². The minimum atomic E-state index is 0.0214. The maximum Gasteiger partial charge on any atom is 0.232 e. The standard InChI is InChI=1S/C24H39N7/c1-9-13-30(14-10-2)21-26-20(27-22(28-21)31(15-11-3)16-12-4)25-19-17-23(5,6)29-24(7,8)18-19/h9-12,19,29H,1-4,13-18H2,5-8H3,(H,25,26,27,28). The molecule has 1 aliphatic heterocycles. The molecule has 1 aliphatic rings. The smallest absolute Gasteiger partial charge is 0.232 e. The van der Waals surface area contributed by atoms with Crippen molar-refractivity contribution in [2.75, 3.05) is 41.3 Å². The fourth-order valence-corrected chi connectivity index (χ4v) is 4.41. The van der Waals surface area contributed by atoms with Gasteiger partial charge in [0.2, 0.25) is 17.8 Å². The third-order valence-corrected chi connectivity index (χ3v) is 5.10. The van der Waals surface area contributed by atoms with Crippen LogP contribution in [-0.4, -0.2) is 58.3 Å². The average molecular weight is 426 g/mol. The number of nitrogens with zero attached hydrogens (tertiary/aromatic N) is 5. The van der Waals surface area contributed by atoms with Crippen molar-refractivity contribution in [3.05, 3.63) is 50.6 Å². The van der Waals surface area contributed by atoms with Crippen molar-refractivity contribution < 1.29 is 0 Å². The van der Waals surface area contributed by atoms with Gasteiger partial charge in [0.15, 0.2) is 0 Å². The average Bonchev–Trinajstić information content (AvgIpc) is 2.65. The summed E-state index contributed by atoms with van der Waals surface area (Å²) in [5.41, 5.74) is 0.0427. The van der Waals surface area contributed by atoms with E-state index >= 15 is 0 Å². The van der Waals surface area contributed by atoms with Crippen molar-refractivity contribution in [3.8, 4) is 0 Å². The molecule has 0 radical (unpaired) electrons. The van der Waals surface area contributed by atoms with E-state index in [1.165, 1.54) is 0 Å². The molecule has 31 heavy (non-hydrogen) atoms. The molecule has 1 fully saturated rings. The quantitative estimate of drug-likeness (QED) is 0.491. The zero-order valence-electron chi connectivity index (χ0n) is 19.7. The van der Waals surface area contributed by atoms with Crippen molar-refractivity contribution in [2.24, 2.45) is 0 Å². The lowest BCUT2D eigenvalue weighted by Gasteiger charge is -2.46. The fraction of sp³-hybridized carbons (Fsp3) is 0.542. The van der Waals surface area contributed by atoms with E-state index in [-0.39, 0.29) is 17.1 Å². The van der Waals surface area contributed by atoms with Crippen LogP contribution in [0.3, 0.4) is 0 Å². The fourth-order valence-electron chi connectivity index (χ4n) is 4.41. The number of anilines is 3. The van der Waals surface area contributed by atoms with Gasteiger partial charge in [-0.2, -0.15) is 15.0 Å². The van der Waals surface area contributed by atoms with Crippen LogP contribution in [0.15, 0.2) is 50.6 Å². The van der Waals surface area contributed by atoms with Gasteiger partial charge in [-0.1, -0.05) is 24.3 Å². The van der Waals surface area contributed by atoms with Gasteiger partial charge in [-0.05, 0) is 40.5 Å². The summed E-state index contributed by atoms with van der Waals surface area (Å²) in [4.78, 5) is 18.3. The molecule has 1 saturated heterocycles. The monoisotopic (exact) mass is 425 g/mol. The van der Waals surface area contributed by atoms with Gasteiger partial charge in [0, 0.05) is 43.3 Å². The number of nitrogens with one attached hydrogen (secondary N) is 2. The first-order valence-electron chi connectivity index (χ1n) is 10.9. The molecule has 1 aromatic heterocycles. The van der Waals surface area contributed by atoms with E-state index in [1.54, 1.807) is 0 Å². The first kappa shape index (κ1) is 24.6. The van der Waals surface area contributed by atoms with Gasteiger partial charge in [-0.15, -0.1) is 26.3 Å². The maximum absolute atomic E-state index is 4.76. The first-order chi connectivity index (χ1) is 14.6. The van der Waals surface area contributed by atoms with Crippen LogP contribution >= 0.6 is 0 Å². The van der Waals surface area contributed by atoms with Crippen LogP contribution in [0, 0.1) is 0 Å². The summed E-state index contributed by atoms with van der Waals surface area (Å²) in [6.45, 7) is 26.9. The summed E-state index contributed by atoms with van der Waals surface area (Å²) in [6.07, 6.45) is 9.29. The highest BCUT2D eigenvalue weighted by Crippen LogP contribution is 2.30. The molecule has 0 amide bonds. The van der Waals surface area contributed by atoms with E-state index in [0.29, 0.717) is 44.0 Å². The summed E-state index contributed by atoms with van der Waals surface area (Å²) in [5, 5.41) is 7.31. The van der Waals surface area contributed by atoms with Crippen molar-refractivity contribution in [3.63, 3.8) is 0 Å². The van der Waals surface area contributed by atoms with Crippen molar-refractivity contribution in [1.82, 2.24) is 20.3 Å². The lowest BCUT2D eigenvalue weighted by molar-refractivity contribution is 0.170. The normalized spacial score (nSPS) is 17.4. The lowest BCUT2D eigenvalue weighted by atomic mass is 9.80. The highest BCUT2D eigenvalue weighted by molar-refractivity contribution is 5.47. The second-order valence-corrected chi connectivity index (χ2v) is 9.37. The highest BCUT2D eigenvalue weighted by Gasteiger charge is 2.38. The van der Waals surface area contributed by atoms with Crippen LogP contribution in [0.1, 0.15) is 40.5 Å². The Kier molecular flexibility index (Phi) is 8.39. The van der Waals surface area contributed by atoms with Crippen LogP contribution in [-0.2, 0) is 0 Å². The van der Waals surface area contributed by atoms with E-state index in [9.17, 15) is 0 Å². The molecule has 0 aliphatic carbocycles. The molecule has 0 bridgehead atoms. The molecule has 2 heterocycles. The zero-order chi connectivity index (χ0) is 23.1. The first-order valence-corrected chi connectivity index (χ1v) is 10.9. The van der Waals surface area contributed by atoms with Gasteiger partial charge in [0.05, 0.1) is 0 Å². The molecule has 0 saturated carbocycles. The Hall–Kier alpha value is -2.67. The minimum Gasteiger partial charge on any atom is -0.351 e. The summed E-state index contributed by atoms with van der Waals surface area (Å²) in [5.74, 6) is 1.77. The molecule has 2 N–H and O–H groups in total. The molecular weight excluding hydrogens is 386 g/mol. The lowest BCUT2D eigenvalue weighted by Crippen LogP contribution is -2.60. The number of piperidine rings is 1. The Labute approximate surface area is 188 Å². The zero-order valence-corrected chi connectivity index (χ0v) is 19.7. The predicted octanol–water partition coefficient (Wildman–Crippen LogP) is 3.95. The van der Waals surface area contributed by atoms with Crippen LogP contribution in [0.2, 0.25) is 0 Å². The molecule has 0 atom stereocenters. The number of hydrogen-bond acceptors (Lipinski definition) is 7. The van der Waals surface area contributed by atoms with E-state index in [0.717, 1.165) is 12.8 Å². The van der Waals surface area contributed by atoms with Crippen LogP contribution in [0.25, 0.3) is 0 Å². The third kappa shape index (κ3) is 7.21. The van der Waals surface area contributed by atoms with Crippen LogP contribution < -0.4 is 20.4 Å². The van der Waals surface area contributed by atoms with Gasteiger partial charge in [-0.25, -0.2) is 0 Å². The molecule has 7 nitrogen and oxygen atoms in total. The van der Waals surface area contributed by atoms with E-state index < -0.39 is 0 Å². The van der Waals surface area contributed by atoms with Gasteiger partial charge in [0.1, 0.15) is 0 Å². The minimum absolute atomic E-state index is 0.0214. The van der Waals surface area contributed by atoms with E-state index in [4.69, 9.17) is 15.0 Å². The van der Waals surface area contributed by atoms with Gasteiger partial charge in [0.25, 0.3) is 0 Å². The molecule has 170 valence electrons. The molecular formula is C24H39N7. The van der Waals surface area contributed by atoms with Crippen molar-refractivity contribution in [1.29, 1.82) is 0 Å². The molecule has 2 rings (SSSR count). The third-order valence-electron chi connectivity index (χ3n) is 5.10. The molecule has 0 aromatic carbocycles. The summed E-state index contributed by atoms with van der Waals surface area (Å²) >= 11 is 0. The van der Waals surface area contributed by atoms with Crippen molar-refractivity contribution >= 4 is 17.8 Å².